The number of nitrogens with two attached hydrogens (primary N) is 1. The number of hydrogen-bond donors (Lipinski definition) is 2. The summed E-state index contributed by atoms with van der Waals surface area (Å²) >= 11 is 0. The van der Waals surface area contributed by atoms with E-state index in [2.05, 4.69) is 13.8 Å². The monoisotopic (exact) mass is 229 g/mol. The summed E-state index contributed by atoms with van der Waals surface area (Å²) in [6.45, 7) is 4.76. The zero-order valence-electron chi connectivity index (χ0n) is 10.2. The van der Waals surface area contributed by atoms with E-state index in [4.69, 9.17) is 10.5 Å². The summed E-state index contributed by atoms with van der Waals surface area (Å²) in [4.78, 5) is 11.4. The number of aliphatic hydroxyl groups is 1. The molecule has 0 aromatic heterocycles. The van der Waals surface area contributed by atoms with E-state index >= 15 is 0 Å². The first-order valence-corrected chi connectivity index (χ1v) is 6.03. The fraction of sp³-hybridized carbons (Fsp3) is 0.917. The Hall–Kier alpha value is -0.610. The fourth-order valence-corrected chi connectivity index (χ4v) is 2.01. The van der Waals surface area contributed by atoms with Crippen molar-refractivity contribution < 1.29 is 14.6 Å². The summed E-state index contributed by atoms with van der Waals surface area (Å²) in [5.74, 6) is -0.518. The predicted octanol–water partition coefficient (Wildman–Crippen LogP) is 1.21. The SMILES string of the molecule is CC1(C)CCC(OC(=O)[C@@H](O)CCN)CC1. The molecule has 0 radical (unpaired) electrons. The number of hydrogen-bond acceptors (Lipinski definition) is 4. The predicted molar refractivity (Wildman–Crippen MR) is 61.8 cm³/mol. The second kappa shape index (κ2) is 5.64. The van der Waals surface area contributed by atoms with Crippen molar-refractivity contribution in [3.63, 3.8) is 0 Å². The van der Waals surface area contributed by atoms with Crippen LogP contribution in [0.1, 0.15) is 46.0 Å². The summed E-state index contributed by atoms with van der Waals surface area (Å²) in [6, 6.07) is 0. The standard InChI is InChI=1S/C12H23NO3/c1-12(2)6-3-9(4-7-12)16-11(15)10(14)5-8-13/h9-10,14H,3-8,13H2,1-2H3/t10-/m0/s1. The van der Waals surface area contributed by atoms with Crippen LogP contribution >= 0.6 is 0 Å². The van der Waals surface area contributed by atoms with Crippen molar-refractivity contribution >= 4 is 5.97 Å². The van der Waals surface area contributed by atoms with Crippen molar-refractivity contribution in [2.45, 2.75) is 58.2 Å². The van der Waals surface area contributed by atoms with Gasteiger partial charge in [-0.1, -0.05) is 13.8 Å². The molecular weight excluding hydrogens is 206 g/mol. The normalized spacial score (nSPS) is 22.8. The van der Waals surface area contributed by atoms with E-state index in [1.165, 1.54) is 0 Å². The average molecular weight is 229 g/mol. The number of aliphatic hydroxyl groups excluding tert-OH is 1. The molecule has 1 aliphatic carbocycles. The quantitative estimate of drug-likeness (QED) is 0.711. The lowest BCUT2D eigenvalue weighted by Crippen LogP contribution is -2.33. The molecule has 0 amide bonds. The van der Waals surface area contributed by atoms with Crippen molar-refractivity contribution in [2.24, 2.45) is 11.1 Å². The second-order valence-electron chi connectivity index (χ2n) is 5.39. The highest BCUT2D eigenvalue weighted by atomic mass is 16.6. The summed E-state index contributed by atoms with van der Waals surface area (Å²) in [5.41, 5.74) is 5.63. The molecule has 0 unspecified atom stereocenters. The highest BCUT2D eigenvalue weighted by Gasteiger charge is 2.29. The number of rotatable bonds is 4. The Balaban J connectivity index is 2.31. The third-order valence-corrected chi connectivity index (χ3v) is 3.28. The van der Waals surface area contributed by atoms with Crippen LogP contribution < -0.4 is 5.73 Å². The van der Waals surface area contributed by atoms with Gasteiger partial charge in [0.05, 0.1) is 0 Å². The minimum Gasteiger partial charge on any atom is -0.460 e. The Kier molecular flexibility index (Phi) is 4.74. The Morgan fingerprint density at radius 2 is 2.06 bits per heavy atom. The lowest BCUT2D eigenvalue weighted by molar-refractivity contribution is -0.161. The van der Waals surface area contributed by atoms with Crippen LogP contribution in [0.2, 0.25) is 0 Å². The van der Waals surface area contributed by atoms with Gasteiger partial charge in [-0.2, -0.15) is 0 Å². The first-order valence-electron chi connectivity index (χ1n) is 6.03. The van der Waals surface area contributed by atoms with Crippen LogP contribution in [0.4, 0.5) is 0 Å². The molecule has 4 heteroatoms. The van der Waals surface area contributed by atoms with Crippen molar-refractivity contribution in [2.75, 3.05) is 6.54 Å². The summed E-state index contributed by atoms with van der Waals surface area (Å²) in [5, 5.41) is 9.40. The molecule has 1 aliphatic rings. The van der Waals surface area contributed by atoms with Gasteiger partial charge >= 0.3 is 5.97 Å². The largest absolute Gasteiger partial charge is 0.460 e. The van der Waals surface area contributed by atoms with E-state index < -0.39 is 12.1 Å². The van der Waals surface area contributed by atoms with Crippen LogP contribution in [-0.2, 0) is 9.53 Å². The molecule has 1 fully saturated rings. The number of esters is 1. The zero-order chi connectivity index (χ0) is 12.2. The zero-order valence-corrected chi connectivity index (χ0v) is 10.2. The highest BCUT2D eigenvalue weighted by Crippen LogP contribution is 2.36. The van der Waals surface area contributed by atoms with Gasteiger partial charge in [0.2, 0.25) is 0 Å². The molecule has 16 heavy (non-hydrogen) atoms. The van der Waals surface area contributed by atoms with Crippen LogP contribution in [0, 0.1) is 5.41 Å². The molecule has 1 atom stereocenters. The third-order valence-electron chi connectivity index (χ3n) is 3.28. The lowest BCUT2D eigenvalue weighted by atomic mass is 9.76. The number of carbonyl (C=O) groups is 1. The van der Waals surface area contributed by atoms with Gasteiger partial charge in [-0.25, -0.2) is 4.79 Å². The molecule has 0 bridgehead atoms. The van der Waals surface area contributed by atoms with E-state index in [1.54, 1.807) is 0 Å². The molecule has 0 saturated heterocycles. The average Bonchev–Trinajstić information content (AvgIpc) is 2.21. The van der Waals surface area contributed by atoms with Crippen molar-refractivity contribution in [3.05, 3.63) is 0 Å². The van der Waals surface area contributed by atoms with Crippen LogP contribution in [0.15, 0.2) is 0 Å². The molecular formula is C12H23NO3. The fourth-order valence-electron chi connectivity index (χ4n) is 2.01. The smallest absolute Gasteiger partial charge is 0.335 e. The third kappa shape index (κ3) is 4.10. The topological polar surface area (TPSA) is 72.5 Å². The molecule has 0 aliphatic heterocycles. The van der Waals surface area contributed by atoms with Crippen LogP contribution in [0.5, 0.6) is 0 Å². The van der Waals surface area contributed by atoms with Gasteiger partial charge in [0.25, 0.3) is 0 Å². The summed E-state index contributed by atoms with van der Waals surface area (Å²) in [6.07, 6.45) is 3.13. The second-order valence-corrected chi connectivity index (χ2v) is 5.39. The molecule has 0 spiro atoms. The first kappa shape index (κ1) is 13.5. The van der Waals surface area contributed by atoms with Gasteiger partial charge in [0, 0.05) is 0 Å². The van der Waals surface area contributed by atoms with Gasteiger partial charge in [-0.15, -0.1) is 0 Å². The van der Waals surface area contributed by atoms with Crippen molar-refractivity contribution in [1.29, 1.82) is 0 Å². The summed E-state index contributed by atoms with van der Waals surface area (Å²) < 4.78 is 5.25. The molecule has 1 rings (SSSR count). The number of ether oxygens (including phenoxy) is 1. The van der Waals surface area contributed by atoms with Gasteiger partial charge in [-0.3, -0.25) is 0 Å². The lowest BCUT2D eigenvalue weighted by Gasteiger charge is -2.34. The van der Waals surface area contributed by atoms with Gasteiger partial charge in [0.15, 0.2) is 6.10 Å². The van der Waals surface area contributed by atoms with Gasteiger partial charge in [0.1, 0.15) is 6.10 Å². The molecule has 0 aromatic rings. The minimum atomic E-state index is -1.06. The molecule has 4 nitrogen and oxygen atoms in total. The number of carbonyl (C=O) groups excluding carboxylic acids is 1. The Morgan fingerprint density at radius 3 is 2.56 bits per heavy atom. The maximum absolute atomic E-state index is 11.4. The van der Waals surface area contributed by atoms with Gasteiger partial charge in [-0.05, 0) is 44.1 Å². The van der Waals surface area contributed by atoms with Gasteiger partial charge < -0.3 is 15.6 Å². The van der Waals surface area contributed by atoms with E-state index in [9.17, 15) is 9.90 Å². The van der Waals surface area contributed by atoms with Crippen LogP contribution in [-0.4, -0.2) is 29.8 Å². The maximum Gasteiger partial charge on any atom is 0.335 e. The molecule has 94 valence electrons. The van der Waals surface area contributed by atoms with Crippen LogP contribution in [0.25, 0.3) is 0 Å². The maximum atomic E-state index is 11.4. The Morgan fingerprint density at radius 1 is 1.50 bits per heavy atom. The summed E-state index contributed by atoms with van der Waals surface area (Å²) in [7, 11) is 0. The van der Waals surface area contributed by atoms with E-state index in [1.807, 2.05) is 0 Å². The minimum absolute atomic E-state index is 0.0204. The Bertz CT molecular complexity index is 230. The van der Waals surface area contributed by atoms with Crippen LogP contribution in [0.3, 0.4) is 0 Å². The molecule has 0 heterocycles. The van der Waals surface area contributed by atoms with E-state index in [0.717, 1.165) is 25.7 Å². The molecule has 1 saturated carbocycles. The Labute approximate surface area is 97.2 Å². The van der Waals surface area contributed by atoms with Crippen molar-refractivity contribution in [1.82, 2.24) is 0 Å². The van der Waals surface area contributed by atoms with Crippen molar-refractivity contribution in [3.8, 4) is 0 Å². The highest BCUT2D eigenvalue weighted by molar-refractivity contribution is 5.74. The molecule has 3 N–H and O–H groups in total. The van der Waals surface area contributed by atoms with E-state index in [-0.39, 0.29) is 12.5 Å². The molecule has 0 aromatic carbocycles. The van der Waals surface area contributed by atoms with E-state index in [0.29, 0.717) is 12.0 Å². The first-order chi connectivity index (χ1) is 7.44.